The molecule has 0 spiro atoms. The van der Waals surface area contributed by atoms with Crippen LogP contribution in [0.3, 0.4) is 0 Å². The largest absolute Gasteiger partial charge is 0.372 e. The first-order valence-corrected chi connectivity index (χ1v) is 8.87. The van der Waals surface area contributed by atoms with Crippen molar-refractivity contribution in [2.24, 2.45) is 5.92 Å². The molecule has 1 aromatic heterocycles. The Labute approximate surface area is 148 Å². The Morgan fingerprint density at radius 3 is 2.76 bits per heavy atom. The number of hydrogen-bond acceptors (Lipinski definition) is 4. The van der Waals surface area contributed by atoms with Crippen LogP contribution in [0.5, 0.6) is 0 Å². The number of carbonyl (C=O) groups excluding carboxylic acids is 1. The average molecular weight is 342 g/mol. The van der Waals surface area contributed by atoms with Gasteiger partial charge in [-0.3, -0.25) is 9.89 Å². The number of likely N-dealkylation sites (tertiary alicyclic amines) is 1. The van der Waals surface area contributed by atoms with Gasteiger partial charge in [0.1, 0.15) is 5.82 Å². The van der Waals surface area contributed by atoms with Crippen LogP contribution in [-0.2, 0) is 16.1 Å². The minimum atomic E-state index is -0.114. The molecule has 1 aromatic carbocycles. The molecule has 1 aliphatic rings. The van der Waals surface area contributed by atoms with Gasteiger partial charge in [0.05, 0.1) is 18.8 Å². The molecule has 0 bridgehead atoms. The Morgan fingerprint density at radius 1 is 1.36 bits per heavy atom. The lowest BCUT2D eigenvalue weighted by Gasteiger charge is -2.23. The third kappa shape index (κ3) is 4.45. The molecule has 0 radical (unpaired) electrons. The molecule has 2 heterocycles. The molecular formula is C19H26N4O2. The summed E-state index contributed by atoms with van der Waals surface area (Å²) in [7, 11) is 0. The number of rotatable bonds is 6. The van der Waals surface area contributed by atoms with E-state index in [1.54, 1.807) is 0 Å². The first-order chi connectivity index (χ1) is 12.0. The van der Waals surface area contributed by atoms with E-state index in [9.17, 15) is 4.79 Å². The third-order valence-corrected chi connectivity index (χ3v) is 4.41. The lowest BCUT2D eigenvalue weighted by Crippen LogP contribution is -2.33. The number of aryl methyl sites for hydroxylation is 1. The summed E-state index contributed by atoms with van der Waals surface area (Å²) < 4.78 is 6.07. The Balaban J connectivity index is 1.69. The predicted molar refractivity (Wildman–Crippen MR) is 94.7 cm³/mol. The van der Waals surface area contributed by atoms with Crippen LogP contribution in [-0.4, -0.2) is 38.6 Å². The lowest BCUT2D eigenvalue weighted by molar-refractivity contribution is -0.133. The second-order valence-electron chi connectivity index (χ2n) is 7.09. The van der Waals surface area contributed by atoms with Gasteiger partial charge in [0.2, 0.25) is 5.91 Å². The van der Waals surface area contributed by atoms with E-state index in [0.29, 0.717) is 31.3 Å². The standard InChI is InChI=1S/C19H26N4O2/c1-13(2)9-18(24)23-11-16(25-12-15-7-5-4-6-8-15)10-17(23)19-20-14(3)21-22-19/h4-8,13,16-17H,9-12H2,1-3H3,(H,20,21,22)/t16-,17-/m0/s1. The maximum absolute atomic E-state index is 12.7. The van der Waals surface area contributed by atoms with E-state index in [-0.39, 0.29) is 18.1 Å². The van der Waals surface area contributed by atoms with Crippen molar-refractivity contribution in [3.63, 3.8) is 0 Å². The highest BCUT2D eigenvalue weighted by Crippen LogP contribution is 2.33. The summed E-state index contributed by atoms with van der Waals surface area (Å²) in [5.74, 6) is 1.92. The molecule has 6 nitrogen and oxygen atoms in total. The van der Waals surface area contributed by atoms with Gasteiger partial charge in [-0.2, -0.15) is 5.10 Å². The maximum Gasteiger partial charge on any atom is 0.223 e. The van der Waals surface area contributed by atoms with Crippen LogP contribution in [0, 0.1) is 12.8 Å². The van der Waals surface area contributed by atoms with Gasteiger partial charge in [-0.1, -0.05) is 44.2 Å². The summed E-state index contributed by atoms with van der Waals surface area (Å²) in [5.41, 5.74) is 1.14. The first-order valence-electron chi connectivity index (χ1n) is 8.87. The number of carbonyl (C=O) groups is 1. The molecule has 134 valence electrons. The van der Waals surface area contributed by atoms with Crippen molar-refractivity contribution in [2.75, 3.05) is 6.54 Å². The number of hydrogen-bond donors (Lipinski definition) is 1. The predicted octanol–water partition coefficient (Wildman–Crippen LogP) is 3.02. The van der Waals surface area contributed by atoms with Crippen LogP contribution in [0.4, 0.5) is 0 Å². The van der Waals surface area contributed by atoms with Crippen molar-refractivity contribution in [2.45, 2.75) is 52.4 Å². The number of benzene rings is 1. The topological polar surface area (TPSA) is 71.1 Å². The number of aromatic amines is 1. The van der Waals surface area contributed by atoms with Crippen LogP contribution < -0.4 is 0 Å². The van der Waals surface area contributed by atoms with Gasteiger partial charge in [0.15, 0.2) is 5.82 Å². The van der Waals surface area contributed by atoms with E-state index in [2.05, 4.69) is 29.0 Å². The van der Waals surface area contributed by atoms with Crippen molar-refractivity contribution in [3.8, 4) is 0 Å². The van der Waals surface area contributed by atoms with E-state index < -0.39 is 0 Å². The zero-order valence-corrected chi connectivity index (χ0v) is 15.1. The normalized spacial score (nSPS) is 20.4. The number of aromatic nitrogens is 3. The van der Waals surface area contributed by atoms with Crippen molar-refractivity contribution in [3.05, 3.63) is 47.5 Å². The monoisotopic (exact) mass is 342 g/mol. The van der Waals surface area contributed by atoms with Gasteiger partial charge in [0.25, 0.3) is 0 Å². The van der Waals surface area contributed by atoms with Crippen LogP contribution in [0.25, 0.3) is 0 Å². The van der Waals surface area contributed by atoms with E-state index in [1.165, 1.54) is 0 Å². The molecule has 0 unspecified atom stereocenters. The number of ether oxygens (including phenoxy) is 1. The van der Waals surface area contributed by atoms with Gasteiger partial charge < -0.3 is 9.64 Å². The van der Waals surface area contributed by atoms with Gasteiger partial charge in [-0.15, -0.1) is 0 Å². The van der Waals surface area contributed by atoms with Crippen molar-refractivity contribution < 1.29 is 9.53 Å². The minimum Gasteiger partial charge on any atom is -0.372 e. The number of nitrogens with one attached hydrogen (secondary N) is 1. The number of H-pyrrole nitrogens is 1. The van der Waals surface area contributed by atoms with E-state index >= 15 is 0 Å². The second kappa shape index (κ2) is 7.78. The molecule has 1 amide bonds. The first kappa shape index (κ1) is 17.6. The molecule has 1 fully saturated rings. The molecule has 1 aliphatic heterocycles. The number of nitrogens with zero attached hydrogens (tertiary/aromatic N) is 3. The zero-order chi connectivity index (χ0) is 17.8. The molecule has 3 rings (SSSR count). The molecule has 1 saturated heterocycles. The van der Waals surface area contributed by atoms with E-state index in [0.717, 1.165) is 17.8 Å². The molecule has 25 heavy (non-hydrogen) atoms. The van der Waals surface area contributed by atoms with Crippen molar-refractivity contribution in [1.29, 1.82) is 0 Å². The van der Waals surface area contributed by atoms with Crippen LogP contribution in [0.1, 0.15) is 49.9 Å². The van der Waals surface area contributed by atoms with Crippen molar-refractivity contribution in [1.82, 2.24) is 20.1 Å². The summed E-state index contributed by atoms with van der Waals surface area (Å²) >= 11 is 0. The van der Waals surface area contributed by atoms with Gasteiger partial charge in [-0.05, 0) is 18.4 Å². The van der Waals surface area contributed by atoms with Gasteiger partial charge >= 0.3 is 0 Å². The Hall–Kier alpha value is -2.21. The molecule has 1 N–H and O–H groups in total. The summed E-state index contributed by atoms with van der Waals surface area (Å²) in [6.45, 7) is 7.13. The molecule has 2 atom stereocenters. The lowest BCUT2D eigenvalue weighted by atomic mass is 10.1. The SMILES string of the molecule is Cc1nc([C@@H]2C[C@H](OCc3ccccc3)CN2C(=O)CC(C)C)n[nH]1. The highest BCUT2D eigenvalue weighted by molar-refractivity contribution is 5.77. The molecule has 0 aliphatic carbocycles. The Bertz CT molecular complexity index is 698. The highest BCUT2D eigenvalue weighted by atomic mass is 16.5. The van der Waals surface area contributed by atoms with Gasteiger partial charge in [0, 0.05) is 19.4 Å². The summed E-state index contributed by atoms with van der Waals surface area (Å²) in [4.78, 5) is 19.0. The van der Waals surface area contributed by atoms with E-state index in [1.807, 2.05) is 42.2 Å². The van der Waals surface area contributed by atoms with Crippen molar-refractivity contribution >= 4 is 5.91 Å². The van der Waals surface area contributed by atoms with Crippen LogP contribution in [0.15, 0.2) is 30.3 Å². The zero-order valence-electron chi connectivity index (χ0n) is 15.1. The van der Waals surface area contributed by atoms with E-state index in [4.69, 9.17) is 4.74 Å². The fourth-order valence-electron chi connectivity index (χ4n) is 3.20. The third-order valence-electron chi connectivity index (χ3n) is 4.41. The number of amides is 1. The molecular weight excluding hydrogens is 316 g/mol. The summed E-state index contributed by atoms with van der Waals surface area (Å²) in [6, 6.07) is 9.99. The highest BCUT2D eigenvalue weighted by Gasteiger charge is 2.38. The summed E-state index contributed by atoms with van der Waals surface area (Å²) in [5, 5.41) is 7.16. The maximum atomic E-state index is 12.7. The Kier molecular flexibility index (Phi) is 5.48. The molecule has 2 aromatic rings. The fraction of sp³-hybridized carbons (Fsp3) is 0.526. The Morgan fingerprint density at radius 2 is 2.12 bits per heavy atom. The van der Waals surface area contributed by atoms with Gasteiger partial charge in [-0.25, -0.2) is 4.98 Å². The molecule has 6 heteroatoms. The molecule has 0 saturated carbocycles. The van der Waals surface area contributed by atoms with Crippen LogP contribution in [0.2, 0.25) is 0 Å². The fourth-order valence-corrected chi connectivity index (χ4v) is 3.20. The summed E-state index contributed by atoms with van der Waals surface area (Å²) in [6.07, 6.45) is 1.26. The second-order valence-corrected chi connectivity index (χ2v) is 7.09. The smallest absolute Gasteiger partial charge is 0.223 e. The average Bonchev–Trinajstić information content (AvgIpc) is 3.19. The quantitative estimate of drug-likeness (QED) is 0.876. The van der Waals surface area contributed by atoms with Crippen LogP contribution >= 0.6 is 0 Å². The minimum absolute atomic E-state index is 0.000115.